The molecule has 0 aliphatic heterocycles. The van der Waals surface area contributed by atoms with Gasteiger partial charge in [0.1, 0.15) is 11.5 Å². The lowest BCUT2D eigenvalue weighted by Crippen LogP contribution is -2.21. The molecule has 1 amide bonds. The summed E-state index contributed by atoms with van der Waals surface area (Å²) < 4.78 is 16.7. The number of primary amides is 1. The van der Waals surface area contributed by atoms with E-state index >= 15 is 0 Å². The fraction of sp³-hybridized carbons (Fsp3) is 0.125. The highest BCUT2D eigenvalue weighted by atomic mass is 127. The quantitative estimate of drug-likeness (QED) is 0.533. The number of anilines is 2. The number of benzene rings is 1. The predicted octanol–water partition coefficient (Wildman–Crippen LogP) is 2.58. The number of halogens is 2. The van der Waals surface area contributed by atoms with E-state index in [1.807, 2.05) is 22.6 Å². The second-order valence-electron chi connectivity index (χ2n) is 5.17. The molecule has 0 aliphatic rings. The number of hydrogen-bond donors (Lipinski definition) is 3. The number of aromatic nitrogens is 2. The maximum absolute atomic E-state index is 14.2. The summed E-state index contributed by atoms with van der Waals surface area (Å²) in [6.07, 6.45) is 3.23. The highest BCUT2D eigenvalue weighted by Gasteiger charge is 2.21. The van der Waals surface area contributed by atoms with Gasteiger partial charge in [0.05, 0.1) is 16.9 Å². The van der Waals surface area contributed by atoms with Crippen molar-refractivity contribution in [2.24, 2.45) is 11.5 Å². The van der Waals surface area contributed by atoms with Gasteiger partial charge in [0.2, 0.25) is 0 Å². The van der Waals surface area contributed by atoms with E-state index in [1.165, 1.54) is 6.07 Å². The Kier molecular flexibility index (Phi) is 4.67. The third kappa shape index (κ3) is 2.94. The Hall–Kier alpha value is -2.20. The molecular weight excluding hydrogens is 424 g/mol. The molecule has 0 fully saturated rings. The zero-order valence-electron chi connectivity index (χ0n) is 12.6. The Bertz CT molecular complexity index is 924. The van der Waals surface area contributed by atoms with Crippen molar-refractivity contribution in [1.29, 1.82) is 0 Å². The van der Waals surface area contributed by atoms with Gasteiger partial charge in [-0.3, -0.25) is 9.78 Å². The topological polar surface area (TPSA) is 99.0 Å². The molecule has 8 heteroatoms. The normalized spacial score (nSPS) is 11.0. The number of nitrogens with one attached hydrogen (secondary N) is 1. The van der Waals surface area contributed by atoms with E-state index in [0.717, 1.165) is 9.09 Å². The molecule has 3 aromatic rings. The highest BCUT2D eigenvalue weighted by Crippen LogP contribution is 2.33. The Morgan fingerprint density at radius 2 is 2.17 bits per heavy atom. The minimum atomic E-state index is -0.618. The third-order valence-electron chi connectivity index (χ3n) is 3.64. The van der Waals surface area contributed by atoms with Crippen LogP contribution in [0.25, 0.3) is 10.9 Å². The van der Waals surface area contributed by atoms with Crippen molar-refractivity contribution in [3.05, 3.63) is 51.7 Å². The molecule has 0 atom stereocenters. The highest BCUT2D eigenvalue weighted by molar-refractivity contribution is 14.1. The Morgan fingerprint density at radius 3 is 2.83 bits per heavy atom. The Balaban J connectivity index is 2.22. The van der Waals surface area contributed by atoms with Gasteiger partial charge in [-0.25, -0.2) is 4.39 Å². The van der Waals surface area contributed by atoms with Gasteiger partial charge in [0.15, 0.2) is 0 Å². The molecule has 0 unspecified atom stereocenters. The van der Waals surface area contributed by atoms with Crippen molar-refractivity contribution < 1.29 is 9.18 Å². The largest absolute Gasteiger partial charge is 0.364 e. The molecular formula is C16H15FIN5O. The summed E-state index contributed by atoms with van der Waals surface area (Å²) in [6.45, 7) is 0.749. The predicted molar refractivity (Wildman–Crippen MR) is 99.7 cm³/mol. The summed E-state index contributed by atoms with van der Waals surface area (Å²) in [5.41, 5.74) is 12.9. The first-order valence-electron chi connectivity index (χ1n) is 7.21. The first-order valence-corrected chi connectivity index (χ1v) is 8.29. The molecule has 0 spiro atoms. The third-order valence-corrected chi connectivity index (χ3v) is 4.31. The summed E-state index contributed by atoms with van der Waals surface area (Å²) in [6, 6.07) is 6.56. The minimum Gasteiger partial charge on any atom is -0.364 e. The number of amides is 1. The monoisotopic (exact) mass is 439 g/mol. The number of hydrogen-bond acceptors (Lipinski definition) is 4. The maximum atomic E-state index is 14.2. The molecule has 0 saturated carbocycles. The number of carbonyl (C=O) groups is 1. The number of pyridine rings is 1. The van der Waals surface area contributed by atoms with Gasteiger partial charge in [-0.2, -0.15) is 0 Å². The average Bonchev–Trinajstić information content (AvgIpc) is 2.85. The van der Waals surface area contributed by atoms with E-state index in [2.05, 4.69) is 10.3 Å². The molecule has 0 bridgehead atoms. The van der Waals surface area contributed by atoms with Gasteiger partial charge in [-0.15, -0.1) is 0 Å². The van der Waals surface area contributed by atoms with E-state index < -0.39 is 11.7 Å². The molecule has 1 aromatic carbocycles. The van der Waals surface area contributed by atoms with E-state index in [1.54, 1.807) is 35.2 Å². The Morgan fingerprint density at radius 1 is 1.38 bits per heavy atom. The van der Waals surface area contributed by atoms with Crippen molar-refractivity contribution in [2.45, 2.75) is 6.54 Å². The number of nitrogens with zero attached hydrogens (tertiary/aromatic N) is 2. The van der Waals surface area contributed by atoms with Gasteiger partial charge < -0.3 is 21.4 Å². The van der Waals surface area contributed by atoms with Gasteiger partial charge in [0.25, 0.3) is 5.91 Å². The maximum Gasteiger partial charge on any atom is 0.267 e. The molecule has 5 N–H and O–H groups in total. The van der Waals surface area contributed by atoms with Crippen LogP contribution in [0.1, 0.15) is 10.5 Å². The number of fused-ring (bicyclic) bond motifs is 1. The second-order valence-corrected chi connectivity index (χ2v) is 6.42. The van der Waals surface area contributed by atoms with E-state index in [0.29, 0.717) is 24.2 Å². The molecule has 0 radical (unpaired) electrons. The lowest BCUT2D eigenvalue weighted by molar-refractivity contribution is 0.0993. The van der Waals surface area contributed by atoms with Crippen LogP contribution in [-0.4, -0.2) is 22.0 Å². The smallest absolute Gasteiger partial charge is 0.267 e. The van der Waals surface area contributed by atoms with Crippen LogP contribution in [-0.2, 0) is 6.54 Å². The van der Waals surface area contributed by atoms with Crippen LogP contribution in [0.4, 0.5) is 15.8 Å². The molecule has 0 aliphatic carbocycles. The molecule has 124 valence electrons. The van der Waals surface area contributed by atoms with E-state index in [-0.39, 0.29) is 11.4 Å². The lowest BCUT2D eigenvalue weighted by atomic mass is 10.2. The molecule has 2 heterocycles. The van der Waals surface area contributed by atoms with E-state index in [4.69, 9.17) is 11.5 Å². The van der Waals surface area contributed by atoms with Gasteiger partial charge in [-0.05, 0) is 46.9 Å². The average molecular weight is 439 g/mol. The van der Waals surface area contributed by atoms with Gasteiger partial charge in [-0.1, -0.05) is 0 Å². The number of rotatable bonds is 5. The molecule has 3 rings (SSSR count). The minimum absolute atomic E-state index is 0.251. The summed E-state index contributed by atoms with van der Waals surface area (Å²) in [4.78, 5) is 16.1. The van der Waals surface area contributed by atoms with Crippen LogP contribution >= 0.6 is 22.6 Å². The summed E-state index contributed by atoms with van der Waals surface area (Å²) in [5, 5.41) is 3.67. The summed E-state index contributed by atoms with van der Waals surface area (Å²) >= 11 is 2.03. The SMILES string of the molecule is NCCn1c(C(N)=O)c(Nc2ccc(I)cc2F)c2cnccc21. The molecule has 24 heavy (non-hydrogen) atoms. The van der Waals surface area contributed by atoms with Crippen molar-refractivity contribution >= 4 is 50.8 Å². The van der Waals surface area contributed by atoms with Crippen LogP contribution in [0, 0.1) is 9.39 Å². The van der Waals surface area contributed by atoms with Crippen molar-refractivity contribution in [3.63, 3.8) is 0 Å². The lowest BCUT2D eigenvalue weighted by Gasteiger charge is -2.10. The van der Waals surface area contributed by atoms with Crippen molar-refractivity contribution in [2.75, 3.05) is 11.9 Å². The number of nitrogens with two attached hydrogens (primary N) is 2. The van der Waals surface area contributed by atoms with Crippen LogP contribution in [0.5, 0.6) is 0 Å². The molecule has 0 saturated heterocycles. The first-order chi connectivity index (χ1) is 11.5. The first kappa shape index (κ1) is 16.7. The second kappa shape index (κ2) is 6.73. The van der Waals surface area contributed by atoms with Crippen molar-refractivity contribution in [1.82, 2.24) is 9.55 Å². The van der Waals surface area contributed by atoms with Crippen molar-refractivity contribution in [3.8, 4) is 0 Å². The summed E-state index contributed by atoms with van der Waals surface area (Å²) in [5.74, 6) is -1.03. The van der Waals surface area contributed by atoms with Crippen LogP contribution < -0.4 is 16.8 Å². The fourth-order valence-electron chi connectivity index (χ4n) is 2.67. The van der Waals surface area contributed by atoms with Crippen LogP contribution in [0.2, 0.25) is 0 Å². The molecule has 2 aromatic heterocycles. The van der Waals surface area contributed by atoms with Gasteiger partial charge >= 0.3 is 0 Å². The van der Waals surface area contributed by atoms with E-state index in [9.17, 15) is 9.18 Å². The van der Waals surface area contributed by atoms with Crippen LogP contribution in [0.15, 0.2) is 36.7 Å². The zero-order valence-corrected chi connectivity index (χ0v) is 14.7. The zero-order chi connectivity index (χ0) is 17.3. The van der Waals surface area contributed by atoms with Gasteiger partial charge in [0, 0.05) is 34.4 Å². The molecule has 6 nitrogen and oxygen atoms in total. The number of carbonyl (C=O) groups excluding carboxylic acids is 1. The Labute approximate surface area is 151 Å². The standard InChI is InChI=1S/C16H15FIN5O/c17-11-7-9(18)1-2-12(11)22-14-10-8-21-5-3-13(10)23(6-4-19)15(14)16(20)24/h1-3,5,7-8,22H,4,6,19H2,(H2,20,24). The fourth-order valence-corrected chi connectivity index (χ4v) is 3.12. The van der Waals surface area contributed by atoms with Crippen LogP contribution in [0.3, 0.4) is 0 Å². The summed E-state index contributed by atoms with van der Waals surface area (Å²) in [7, 11) is 0.